The second-order valence-corrected chi connectivity index (χ2v) is 10.6. The van der Waals surface area contributed by atoms with Crippen molar-refractivity contribution in [2.24, 2.45) is 21.9 Å². The molecule has 0 N–H and O–H groups in total. The van der Waals surface area contributed by atoms with Crippen molar-refractivity contribution < 1.29 is 4.39 Å². The van der Waals surface area contributed by atoms with E-state index in [0.29, 0.717) is 17.0 Å². The Morgan fingerprint density at radius 1 is 1.16 bits per heavy atom. The minimum atomic E-state index is -0.255. The lowest BCUT2D eigenvalue weighted by Crippen LogP contribution is -2.32. The lowest BCUT2D eigenvalue weighted by molar-refractivity contribution is 0.308. The Balaban J connectivity index is 0.000000510. The molecule has 0 amide bonds. The van der Waals surface area contributed by atoms with Crippen LogP contribution in [0.4, 0.5) is 4.39 Å². The van der Waals surface area contributed by atoms with Gasteiger partial charge in [0, 0.05) is 31.8 Å². The Hall–Kier alpha value is -2.95. The van der Waals surface area contributed by atoms with Gasteiger partial charge in [0.1, 0.15) is 5.82 Å². The van der Waals surface area contributed by atoms with Gasteiger partial charge in [0.15, 0.2) is 5.84 Å². The molecule has 1 heterocycles. The number of rotatable bonds is 6. The summed E-state index contributed by atoms with van der Waals surface area (Å²) in [6.45, 7) is 22.0. The summed E-state index contributed by atoms with van der Waals surface area (Å²) >= 11 is 0. The first-order valence-corrected chi connectivity index (χ1v) is 13.6. The van der Waals surface area contributed by atoms with E-state index < -0.39 is 0 Å². The van der Waals surface area contributed by atoms with E-state index in [9.17, 15) is 4.39 Å². The van der Waals surface area contributed by atoms with Crippen molar-refractivity contribution in [3.05, 3.63) is 76.4 Å². The van der Waals surface area contributed by atoms with Gasteiger partial charge in [0.25, 0.3) is 0 Å². The molecule has 1 aliphatic carbocycles. The maximum absolute atomic E-state index is 14.2. The molecule has 0 aromatic heterocycles. The molecular formula is C32H47FN4. The molecule has 1 saturated carbocycles. The first kappa shape index (κ1) is 30.3. The van der Waals surface area contributed by atoms with E-state index in [0.717, 1.165) is 52.9 Å². The molecule has 2 aliphatic rings. The van der Waals surface area contributed by atoms with E-state index in [1.165, 1.54) is 31.7 Å². The molecule has 0 saturated heterocycles. The van der Waals surface area contributed by atoms with Gasteiger partial charge in [-0.1, -0.05) is 77.8 Å². The van der Waals surface area contributed by atoms with Crippen molar-refractivity contribution in [1.82, 2.24) is 9.91 Å². The molecule has 1 aliphatic heterocycles. The minimum absolute atomic E-state index is 0.255. The van der Waals surface area contributed by atoms with Gasteiger partial charge in [-0.05, 0) is 61.8 Å². The highest BCUT2D eigenvalue weighted by Crippen LogP contribution is 2.28. The molecule has 4 nitrogen and oxygen atoms in total. The fourth-order valence-corrected chi connectivity index (χ4v) is 4.68. The summed E-state index contributed by atoms with van der Waals surface area (Å²) in [5.41, 5.74) is 5.97. The van der Waals surface area contributed by atoms with Crippen LogP contribution in [0, 0.1) is 31.5 Å². The average Bonchev–Trinajstić information content (AvgIpc) is 2.87. The van der Waals surface area contributed by atoms with E-state index in [1.54, 1.807) is 30.3 Å². The topological polar surface area (TPSA) is 31.2 Å². The van der Waals surface area contributed by atoms with Gasteiger partial charge in [0.05, 0.1) is 17.6 Å². The third-order valence-electron chi connectivity index (χ3n) is 7.53. The van der Waals surface area contributed by atoms with E-state index >= 15 is 0 Å². The van der Waals surface area contributed by atoms with Gasteiger partial charge in [-0.3, -0.25) is 4.99 Å². The fourth-order valence-electron chi connectivity index (χ4n) is 4.68. The number of hydrogen-bond donors (Lipinski definition) is 0. The Morgan fingerprint density at radius 3 is 2.30 bits per heavy atom. The highest BCUT2D eigenvalue weighted by Gasteiger charge is 2.23. The number of aryl methyl sites for hydroxylation is 1. The van der Waals surface area contributed by atoms with Gasteiger partial charge in [-0.2, -0.15) is 5.10 Å². The second kappa shape index (κ2) is 14.1. The fraction of sp³-hybridized carbons (Fsp3) is 0.500. The van der Waals surface area contributed by atoms with Crippen LogP contribution >= 0.6 is 0 Å². The molecular weight excluding hydrogens is 459 g/mol. The minimum Gasteiger partial charge on any atom is -0.373 e. The zero-order valence-corrected chi connectivity index (χ0v) is 24.4. The van der Waals surface area contributed by atoms with Crippen LogP contribution in [0.1, 0.15) is 76.5 Å². The number of amidine groups is 1. The van der Waals surface area contributed by atoms with Crippen LogP contribution in [0.2, 0.25) is 0 Å². The monoisotopic (exact) mass is 506 g/mol. The third-order valence-corrected chi connectivity index (χ3v) is 7.53. The molecule has 0 radical (unpaired) electrons. The number of allylic oxidation sites excluding steroid dienone is 2. The SMILES string of the molecule is C=C(/C=C\c1c(F)ccc(C)c1C)C(=NC)N1N=CC(N(C)CCC)=C(C)C1=C.CC1CCC(C)CC1. The predicted molar refractivity (Wildman–Crippen MR) is 159 cm³/mol. The van der Waals surface area contributed by atoms with Gasteiger partial charge in [0.2, 0.25) is 0 Å². The summed E-state index contributed by atoms with van der Waals surface area (Å²) in [6.07, 6.45) is 12.3. The van der Waals surface area contributed by atoms with Crippen LogP contribution in [0.15, 0.2) is 64.0 Å². The zero-order valence-electron chi connectivity index (χ0n) is 24.4. The Morgan fingerprint density at radius 2 is 1.76 bits per heavy atom. The maximum Gasteiger partial charge on any atom is 0.155 e. The Kier molecular flexibility index (Phi) is 11.5. The lowest BCUT2D eigenvalue weighted by atomic mass is 9.84. The number of aliphatic imine (C=N–C) groups is 1. The molecule has 0 spiro atoms. The average molecular weight is 507 g/mol. The number of halogens is 1. The Bertz CT molecular complexity index is 1070. The molecule has 37 heavy (non-hydrogen) atoms. The highest BCUT2D eigenvalue weighted by atomic mass is 19.1. The van der Waals surface area contributed by atoms with Crippen LogP contribution in [0.5, 0.6) is 0 Å². The molecule has 1 aromatic carbocycles. The highest BCUT2D eigenvalue weighted by molar-refractivity contribution is 6.03. The van der Waals surface area contributed by atoms with Gasteiger partial charge in [-0.25, -0.2) is 9.40 Å². The molecule has 5 heteroatoms. The van der Waals surface area contributed by atoms with Crippen molar-refractivity contribution in [1.29, 1.82) is 0 Å². The van der Waals surface area contributed by atoms with Crippen LogP contribution in [-0.4, -0.2) is 42.6 Å². The molecule has 1 fully saturated rings. The summed E-state index contributed by atoms with van der Waals surface area (Å²) in [5, 5.41) is 6.24. The van der Waals surface area contributed by atoms with Crippen LogP contribution in [-0.2, 0) is 0 Å². The van der Waals surface area contributed by atoms with Gasteiger partial charge < -0.3 is 4.90 Å². The molecule has 0 bridgehead atoms. The van der Waals surface area contributed by atoms with E-state index in [-0.39, 0.29) is 5.82 Å². The summed E-state index contributed by atoms with van der Waals surface area (Å²) < 4.78 is 14.2. The number of hydrazone groups is 1. The first-order valence-electron chi connectivity index (χ1n) is 13.6. The quantitative estimate of drug-likeness (QED) is 0.221. The molecule has 3 rings (SSSR count). The summed E-state index contributed by atoms with van der Waals surface area (Å²) in [4.78, 5) is 6.53. The van der Waals surface area contributed by atoms with Crippen LogP contribution < -0.4 is 0 Å². The number of hydrogen-bond acceptors (Lipinski definition) is 3. The standard InChI is InChI=1S/C24H31FN4.C8H16/c1-9-14-28(8)23-15-27-29(20(6)19(23)5)24(26-7)17(3)10-12-21-18(4)16(2)11-13-22(21)25;1-7-3-5-8(2)6-4-7/h10-13,15H,3,6,9,14H2,1-2,4-5,7-8H3;7-8H,3-6H2,1-2H3/b12-10-,26-24?;. The van der Waals surface area contributed by atoms with Gasteiger partial charge in [-0.15, -0.1) is 0 Å². The first-order chi connectivity index (χ1) is 17.5. The zero-order chi connectivity index (χ0) is 27.7. The van der Waals surface area contributed by atoms with Crippen molar-refractivity contribution in [2.45, 2.75) is 73.6 Å². The normalized spacial score (nSPS) is 20.3. The summed E-state index contributed by atoms with van der Waals surface area (Å²) in [6, 6.07) is 3.27. The van der Waals surface area contributed by atoms with Gasteiger partial charge >= 0.3 is 0 Å². The predicted octanol–water partition coefficient (Wildman–Crippen LogP) is 8.30. The van der Waals surface area contributed by atoms with Crippen LogP contribution in [0.25, 0.3) is 6.08 Å². The van der Waals surface area contributed by atoms with E-state index in [1.807, 2.05) is 34.0 Å². The lowest BCUT2D eigenvalue weighted by Gasteiger charge is -2.31. The maximum atomic E-state index is 14.2. The molecule has 0 unspecified atom stereocenters. The third kappa shape index (κ3) is 8.02. The van der Waals surface area contributed by atoms with Crippen LogP contribution in [0.3, 0.4) is 0 Å². The summed E-state index contributed by atoms with van der Waals surface area (Å²) in [5.74, 6) is 2.36. The Labute approximate surface area is 225 Å². The van der Waals surface area contributed by atoms with E-state index in [4.69, 9.17) is 0 Å². The number of nitrogens with zero attached hydrogens (tertiary/aromatic N) is 4. The van der Waals surface area contributed by atoms with Crippen molar-refractivity contribution in [2.75, 3.05) is 20.6 Å². The second-order valence-electron chi connectivity index (χ2n) is 10.6. The molecule has 0 atom stereocenters. The van der Waals surface area contributed by atoms with Crippen molar-refractivity contribution in [3.63, 3.8) is 0 Å². The smallest absolute Gasteiger partial charge is 0.155 e. The van der Waals surface area contributed by atoms with Crippen molar-refractivity contribution in [3.8, 4) is 0 Å². The van der Waals surface area contributed by atoms with E-state index in [2.05, 4.69) is 48.9 Å². The largest absolute Gasteiger partial charge is 0.373 e. The van der Waals surface area contributed by atoms with Crippen molar-refractivity contribution >= 4 is 18.1 Å². The number of benzene rings is 1. The summed E-state index contributed by atoms with van der Waals surface area (Å²) in [7, 11) is 3.74. The molecule has 1 aromatic rings. The molecule has 202 valence electrons.